The number of nitrogens with one attached hydrogen (secondary N) is 2. The standard InChI is InChI=1S/C38H61N3O7S2/c1-11-12-17-25(31(44)27(42)18-16-21-49-10)22-28(43)30-29-26(37(29,8)9)23-41(30)33(45)32(35(2,3)4)39-34(46)40-38(19-14-13-15-20-38)24-50(47,48)36(5,6)7/h1,25-26,29-30,32H,12-24H2,2-10H3,(H2,39,40,46)/t25?,26-,29-,30+,32+/m0/s1. The van der Waals surface area contributed by atoms with Crippen LogP contribution in [0, 0.1) is 40.9 Å². The van der Waals surface area contributed by atoms with Crippen molar-refractivity contribution in [1.82, 2.24) is 15.5 Å². The molecule has 3 aliphatic rings. The van der Waals surface area contributed by atoms with Crippen LogP contribution in [-0.4, -0.2) is 89.3 Å². The lowest BCUT2D eigenvalue weighted by Crippen LogP contribution is -2.63. The second-order valence-electron chi connectivity index (χ2n) is 17.5. The van der Waals surface area contributed by atoms with Crippen molar-refractivity contribution in [1.29, 1.82) is 0 Å². The molecule has 1 saturated heterocycles. The van der Waals surface area contributed by atoms with E-state index in [1.54, 1.807) is 37.4 Å². The minimum Gasteiger partial charge on any atom is -0.332 e. The maximum Gasteiger partial charge on any atom is 0.315 e. The average Bonchev–Trinajstić information content (AvgIpc) is 3.31. The van der Waals surface area contributed by atoms with Crippen molar-refractivity contribution in [2.45, 2.75) is 142 Å². The molecule has 2 aliphatic carbocycles. The maximum absolute atomic E-state index is 14.5. The van der Waals surface area contributed by atoms with Crippen LogP contribution in [0.4, 0.5) is 4.79 Å². The zero-order valence-corrected chi connectivity index (χ0v) is 33.4. The first-order chi connectivity index (χ1) is 23.0. The fraction of sp³-hybridized carbons (Fsp3) is 0.816. The molecular formula is C38H61N3O7S2. The minimum atomic E-state index is -3.56. The number of carbonyl (C=O) groups is 5. The number of nitrogens with zero attached hydrogens (tertiary/aromatic N) is 1. The predicted molar refractivity (Wildman–Crippen MR) is 199 cm³/mol. The van der Waals surface area contributed by atoms with Gasteiger partial charge < -0.3 is 15.5 Å². The van der Waals surface area contributed by atoms with E-state index in [2.05, 4.69) is 30.4 Å². The second kappa shape index (κ2) is 16.1. The fourth-order valence-electron chi connectivity index (χ4n) is 7.89. The van der Waals surface area contributed by atoms with E-state index in [1.165, 1.54) is 0 Å². The van der Waals surface area contributed by atoms with Crippen LogP contribution in [0.3, 0.4) is 0 Å². The molecule has 12 heteroatoms. The van der Waals surface area contributed by atoms with Crippen LogP contribution >= 0.6 is 11.8 Å². The number of terminal acetylenes is 1. The van der Waals surface area contributed by atoms with Crippen LogP contribution in [0.5, 0.6) is 0 Å². The first-order valence-electron chi connectivity index (χ1n) is 18.2. The van der Waals surface area contributed by atoms with Crippen molar-refractivity contribution in [3.63, 3.8) is 0 Å². The molecule has 3 amide bonds. The van der Waals surface area contributed by atoms with E-state index in [1.807, 2.05) is 27.0 Å². The molecule has 0 aromatic carbocycles. The first kappa shape index (κ1) is 42.0. The quantitative estimate of drug-likeness (QED) is 0.122. The van der Waals surface area contributed by atoms with Gasteiger partial charge in [-0.25, -0.2) is 13.2 Å². The summed E-state index contributed by atoms with van der Waals surface area (Å²) < 4.78 is 25.6. The monoisotopic (exact) mass is 735 g/mol. The van der Waals surface area contributed by atoms with Crippen LogP contribution in [0.15, 0.2) is 0 Å². The Morgan fingerprint density at radius 1 is 1.02 bits per heavy atom. The second-order valence-corrected chi connectivity index (χ2v) is 21.2. The molecule has 1 unspecified atom stereocenters. The highest BCUT2D eigenvalue weighted by Gasteiger charge is 2.69. The topological polar surface area (TPSA) is 147 Å². The number of rotatable bonds is 16. The molecule has 0 bridgehead atoms. The Hall–Kier alpha value is -2.39. The maximum atomic E-state index is 14.5. The van der Waals surface area contributed by atoms with E-state index in [9.17, 15) is 32.4 Å². The lowest BCUT2D eigenvalue weighted by Gasteiger charge is -2.41. The summed E-state index contributed by atoms with van der Waals surface area (Å²) in [5.41, 5.74) is -1.89. The van der Waals surface area contributed by atoms with Gasteiger partial charge in [-0.2, -0.15) is 11.8 Å². The Morgan fingerprint density at radius 2 is 1.64 bits per heavy atom. The summed E-state index contributed by atoms with van der Waals surface area (Å²) in [6, 6.07) is -2.43. The van der Waals surface area contributed by atoms with Gasteiger partial charge >= 0.3 is 6.03 Å². The number of fused-ring (bicyclic) bond motifs is 1. The highest BCUT2D eigenvalue weighted by atomic mass is 32.2. The van der Waals surface area contributed by atoms with Crippen molar-refractivity contribution in [2.24, 2.45) is 28.6 Å². The zero-order valence-electron chi connectivity index (χ0n) is 31.8. The summed E-state index contributed by atoms with van der Waals surface area (Å²) in [6.45, 7) is 15.0. The van der Waals surface area contributed by atoms with E-state index in [0.29, 0.717) is 25.8 Å². The summed E-state index contributed by atoms with van der Waals surface area (Å²) in [4.78, 5) is 70.1. The number of Topliss-reactive ketones (excluding diaryl/α,β-unsaturated/α-hetero) is 3. The normalized spacial score (nSPS) is 23.9. The van der Waals surface area contributed by atoms with Gasteiger partial charge in [0, 0.05) is 31.7 Å². The van der Waals surface area contributed by atoms with Gasteiger partial charge in [0.05, 0.1) is 22.1 Å². The smallest absolute Gasteiger partial charge is 0.315 e. The van der Waals surface area contributed by atoms with Gasteiger partial charge in [-0.3, -0.25) is 19.2 Å². The highest BCUT2D eigenvalue weighted by molar-refractivity contribution is 7.98. The Labute approximate surface area is 305 Å². The van der Waals surface area contributed by atoms with Crippen LogP contribution in [0.25, 0.3) is 0 Å². The molecule has 2 saturated carbocycles. The highest BCUT2D eigenvalue weighted by Crippen LogP contribution is 2.65. The molecular weight excluding hydrogens is 675 g/mol. The van der Waals surface area contributed by atoms with Crippen LogP contribution in [-0.2, 0) is 29.0 Å². The van der Waals surface area contributed by atoms with E-state index in [-0.39, 0.29) is 54.5 Å². The summed E-state index contributed by atoms with van der Waals surface area (Å²) in [5.74, 6) is 0.474. The molecule has 0 aromatic rings. The third-order valence-corrected chi connectivity index (χ3v) is 14.8. The van der Waals surface area contributed by atoms with Gasteiger partial charge in [-0.05, 0) is 81.1 Å². The summed E-state index contributed by atoms with van der Waals surface area (Å²) in [5, 5.41) is 5.90. The van der Waals surface area contributed by atoms with E-state index < -0.39 is 67.0 Å². The summed E-state index contributed by atoms with van der Waals surface area (Å²) in [7, 11) is -3.56. The van der Waals surface area contributed by atoms with E-state index in [0.717, 1.165) is 25.0 Å². The Kier molecular flexibility index (Phi) is 13.5. The Bertz CT molecular complexity index is 1450. The van der Waals surface area contributed by atoms with Gasteiger partial charge in [0.15, 0.2) is 21.4 Å². The van der Waals surface area contributed by atoms with Crippen molar-refractivity contribution >= 4 is 50.9 Å². The number of likely N-dealkylation sites (tertiary alicyclic amines) is 1. The van der Waals surface area contributed by atoms with Gasteiger partial charge in [-0.15, -0.1) is 12.3 Å². The van der Waals surface area contributed by atoms with Crippen molar-refractivity contribution < 1.29 is 32.4 Å². The first-order valence-corrected chi connectivity index (χ1v) is 21.2. The largest absolute Gasteiger partial charge is 0.332 e. The zero-order chi connectivity index (χ0) is 37.9. The van der Waals surface area contributed by atoms with Crippen LogP contribution in [0.2, 0.25) is 0 Å². The summed E-state index contributed by atoms with van der Waals surface area (Å²) >= 11 is 1.60. The molecule has 1 aliphatic heterocycles. The number of sulfone groups is 1. The molecule has 1 heterocycles. The molecule has 3 rings (SSSR count). The predicted octanol–water partition coefficient (Wildman–Crippen LogP) is 5.37. The van der Waals surface area contributed by atoms with Crippen LogP contribution < -0.4 is 10.6 Å². The van der Waals surface area contributed by atoms with Gasteiger partial charge in [0.2, 0.25) is 11.7 Å². The molecule has 0 radical (unpaired) electrons. The molecule has 10 nitrogen and oxygen atoms in total. The fourth-order valence-corrected chi connectivity index (χ4v) is 9.85. The number of urea groups is 1. The molecule has 2 N–H and O–H groups in total. The molecule has 0 spiro atoms. The van der Waals surface area contributed by atoms with E-state index in [4.69, 9.17) is 6.42 Å². The number of thioether (sulfide) groups is 1. The Balaban J connectivity index is 1.85. The van der Waals surface area contributed by atoms with Crippen LogP contribution in [0.1, 0.15) is 120 Å². The van der Waals surface area contributed by atoms with Crippen molar-refractivity contribution in [3.05, 3.63) is 0 Å². The van der Waals surface area contributed by atoms with Gasteiger partial charge in [-0.1, -0.05) is 53.9 Å². The Morgan fingerprint density at radius 3 is 2.18 bits per heavy atom. The number of piperidine rings is 1. The molecule has 5 atom stereocenters. The minimum absolute atomic E-state index is 0.0796. The molecule has 3 fully saturated rings. The van der Waals surface area contributed by atoms with Crippen molar-refractivity contribution in [3.8, 4) is 12.3 Å². The number of carbonyl (C=O) groups excluding carboxylic acids is 5. The number of ketones is 3. The van der Waals surface area contributed by atoms with Crippen molar-refractivity contribution in [2.75, 3.05) is 24.3 Å². The lowest BCUT2D eigenvalue weighted by atomic mass is 9.82. The number of hydrogen-bond donors (Lipinski definition) is 2. The summed E-state index contributed by atoms with van der Waals surface area (Å²) in [6.07, 6.45) is 12.0. The number of amides is 3. The van der Waals surface area contributed by atoms with Gasteiger partial charge in [0.1, 0.15) is 6.04 Å². The van der Waals surface area contributed by atoms with E-state index >= 15 is 0 Å². The SMILES string of the molecule is C#CCCC(CC(=O)[C@@H]1[C@@H]2[C@H](CN1C(=O)[C@@H](NC(=O)NC1(CS(=O)(=O)C(C)(C)C)CCCCC1)C(C)(C)C)C2(C)C)C(=O)C(=O)CCCSC. The number of hydrogen-bond acceptors (Lipinski definition) is 8. The third kappa shape index (κ3) is 9.72. The molecule has 50 heavy (non-hydrogen) atoms. The van der Waals surface area contributed by atoms with Gasteiger partial charge in [0.25, 0.3) is 0 Å². The molecule has 282 valence electrons. The molecule has 0 aromatic heterocycles. The third-order valence-electron chi connectivity index (χ3n) is 11.3. The average molecular weight is 736 g/mol. The lowest BCUT2D eigenvalue weighted by molar-refractivity contribution is -0.144.